The van der Waals surface area contributed by atoms with Gasteiger partial charge in [0.15, 0.2) is 0 Å². The van der Waals surface area contributed by atoms with Crippen molar-refractivity contribution in [2.75, 3.05) is 0 Å². The minimum atomic E-state index is -4.85. The first-order valence-corrected chi connectivity index (χ1v) is 6.57. The minimum Gasteiger partial charge on any atom is -0.478 e. The van der Waals surface area contributed by atoms with Crippen LogP contribution in [0.5, 0.6) is 0 Å². The Morgan fingerprint density at radius 1 is 1.42 bits per heavy atom. The molecule has 0 bridgehead atoms. The molecule has 1 heterocycles. The number of benzene rings is 1. The predicted molar refractivity (Wildman–Crippen MR) is 73.6 cm³/mol. The Balaban J connectivity index is 2.67. The zero-order chi connectivity index (χ0) is 18.1. The topological polar surface area (TPSA) is 122 Å². The Kier molecular flexibility index (Phi) is 4.53. The van der Waals surface area contributed by atoms with Crippen LogP contribution in [0.25, 0.3) is 0 Å². The summed E-state index contributed by atoms with van der Waals surface area (Å²) in [6.07, 6.45) is -3.70. The van der Waals surface area contributed by atoms with Gasteiger partial charge in [-0.05, 0) is 11.6 Å². The van der Waals surface area contributed by atoms with Crippen molar-refractivity contribution in [1.29, 1.82) is 0 Å². The highest BCUT2D eigenvalue weighted by molar-refractivity contribution is 5.90. The number of H-pyrrole nitrogens is 1. The Labute approximate surface area is 132 Å². The molecule has 24 heavy (non-hydrogen) atoms. The second-order valence-electron chi connectivity index (χ2n) is 5.04. The highest BCUT2D eigenvalue weighted by Gasteiger charge is 2.47. The van der Waals surface area contributed by atoms with Crippen molar-refractivity contribution in [3.8, 4) is 0 Å². The number of non-ortho nitro benzene ring substituents is 1. The van der Waals surface area contributed by atoms with E-state index in [4.69, 9.17) is 5.11 Å². The number of alkyl halides is 3. The molecule has 2 N–H and O–H groups in total. The second kappa shape index (κ2) is 6.26. The van der Waals surface area contributed by atoms with Crippen molar-refractivity contribution in [1.82, 2.24) is 15.4 Å². The molecule has 128 valence electrons. The maximum Gasteiger partial charge on any atom is 0.396 e. The first-order chi connectivity index (χ1) is 11.1. The van der Waals surface area contributed by atoms with Crippen molar-refractivity contribution < 1.29 is 28.0 Å². The zero-order valence-electron chi connectivity index (χ0n) is 12.1. The van der Waals surface area contributed by atoms with E-state index in [1.807, 2.05) is 0 Å². The van der Waals surface area contributed by atoms with Gasteiger partial charge in [-0.3, -0.25) is 15.2 Å². The largest absolute Gasteiger partial charge is 0.478 e. The monoisotopic (exact) mass is 344 g/mol. The van der Waals surface area contributed by atoms with Crippen LogP contribution in [0.1, 0.15) is 40.4 Å². The number of aromatic nitrogens is 3. The van der Waals surface area contributed by atoms with Crippen LogP contribution in [0.15, 0.2) is 24.4 Å². The normalized spacial score (nSPS) is 14.2. The molecule has 2 rings (SSSR count). The standard InChI is InChI=1S/C13H11F3N4O4/c1-6(10-5-17-19-18-10)11(13(14,15)16)9-4-7(20(23)24)2-3-8(9)12(21)22/h2-6,11H,1H3,(H,21,22)(H,17,18,19). The molecule has 0 amide bonds. The number of nitrogens with one attached hydrogen (secondary N) is 1. The molecule has 0 radical (unpaired) electrons. The highest BCUT2D eigenvalue weighted by Crippen LogP contribution is 2.46. The quantitative estimate of drug-likeness (QED) is 0.635. The Morgan fingerprint density at radius 2 is 2.08 bits per heavy atom. The van der Waals surface area contributed by atoms with E-state index in [1.54, 1.807) is 0 Å². The molecule has 1 aromatic heterocycles. The smallest absolute Gasteiger partial charge is 0.396 e. The summed E-state index contributed by atoms with van der Waals surface area (Å²) in [6, 6.07) is 2.28. The molecule has 0 fully saturated rings. The van der Waals surface area contributed by atoms with Crippen LogP contribution in [0.3, 0.4) is 0 Å². The lowest BCUT2D eigenvalue weighted by Crippen LogP contribution is -2.28. The summed E-state index contributed by atoms with van der Waals surface area (Å²) in [4.78, 5) is 21.2. The first kappa shape index (κ1) is 17.4. The summed E-state index contributed by atoms with van der Waals surface area (Å²) in [5.41, 5.74) is -2.02. The molecule has 2 aromatic rings. The van der Waals surface area contributed by atoms with Crippen LogP contribution >= 0.6 is 0 Å². The fourth-order valence-electron chi connectivity index (χ4n) is 2.45. The number of carboxylic acids is 1. The van der Waals surface area contributed by atoms with Crippen LogP contribution in [0, 0.1) is 10.1 Å². The Bertz CT molecular complexity index is 761. The number of aromatic amines is 1. The fourth-order valence-corrected chi connectivity index (χ4v) is 2.45. The van der Waals surface area contributed by atoms with Crippen molar-refractivity contribution in [3.05, 3.63) is 51.3 Å². The zero-order valence-corrected chi connectivity index (χ0v) is 12.1. The van der Waals surface area contributed by atoms with Gasteiger partial charge in [-0.15, -0.1) is 5.10 Å². The van der Waals surface area contributed by atoms with Crippen LogP contribution in [0.2, 0.25) is 0 Å². The number of rotatable bonds is 5. The molecule has 2 atom stereocenters. The summed E-state index contributed by atoms with van der Waals surface area (Å²) in [6.45, 7) is 1.19. The van der Waals surface area contributed by atoms with E-state index in [0.717, 1.165) is 18.3 Å². The molecule has 1 aromatic carbocycles. The average Bonchev–Trinajstić information content (AvgIpc) is 2.99. The fraction of sp³-hybridized carbons (Fsp3) is 0.308. The SMILES string of the molecule is CC(c1c[nH]nn1)C(c1cc([N+](=O)[O-])ccc1C(=O)O)C(F)(F)F. The molecule has 8 nitrogen and oxygen atoms in total. The summed E-state index contributed by atoms with van der Waals surface area (Å²) in [5, 5.41) is 29.1. The summed E-state index contributed by atoms with van der Waals surface area (Å²) in [5.74, 6) is -5.21. The molecule has 0 aliphatic carbocycles. The molecule has 11 heteroatoms. The van der Waals surface area contributed by atoms with E-state index in [9.17, 15) is 28.1 Å². The number of carbonyl (C=O) groups is 1. The number of aromatic carboxylic acids is 1. The van der Waals surface area contributed by atoms with Crippen molar-refractivity contribution in [2.24, 2.45) is 0 Å². The molecule has 0 spiro atoms. The van der Waals surface area contributed by atoms with Gasteiger partial charge in [-0.25, -0.2) is 4.79 Å². The van der Waals surface area contributed by atoms with Crippen molar-refractivity contribution in [2.45, 2.75) is 24.9 Å². The van der Waals surface area contributed by atoms with Gasteiger partial charge >= 0.3 is 12.1 Å². The van der Waals surface area contributed by atoms with Gasteiger partial charge < -0.3 is 5.11 Å². The van der Waals surface area contributed by atoms with Gasteiger partial charge in [-0.2, -0.15) is 13.2 Å². The Hall–Kier alpha value is -2.98. The highest BCUT2D eigenvalue weighted by atomic mass is 19.4. The molecule has 0 saturated carbocycles. The number of carboxylic acid groups (broad SMARTS) is 1. The minimum absolute atomic E-state index is 0.0415. The van der Waals surface area contributed by atoms with E-state index < -0.39 is 45.7 Å². The van der Waals surface area contributed by atoms with Crippen LogP contribution < -0.4 is 0 Å². The lowest BCUT2D eigenvalue weighted by Gasteiger charge is -2.26. The summed E-state index contributed by atoms with van der Waals surface area (Å²) >= 11 is 0. The maximum absolute atomic E-state index is 13.6. The van der Waals surface area contributed by atoms with Gasteiger partial charge in [0.2, 0.25) is 0 Å². The molecule has 2 unspecified atom stereocenters. The van der Waals surface area contributed by atoms with E-state index in [0.29, 0.717) is 6.07 Å². The Morgan fingerprint density at radius 3 is 2.54 bits per heavy atom. The molecular formula is C13H11F3N4O4. The third-order valence-corrected chi connectivity index (χ3v) is 3.57. The van der Waals surface area contributed by atoms with Gasteiger partial charge in [0.25, 0.3) is 5.69 Å². The maximum atomic E-state index is 13.6. The number of hydrogen-bond donors (Lipinski definition) is 2. The molecule has 0 aliphatic rings. The average molecular weight is 344 g/mol. The van der Waals surface area contributed by atoms with Crippen LogP contribution in [0.4, 0.5) is 18.9 Å². The second-order valence-corrected chi connectivity index (χ2v) is 5.04. The van der Waals surface area contributed by atoms with Gasteiger partial charge in [0, 0.05) is 24.2 Å². The number of nitrogens with zero attached hydrogens (tertiary/aromatic N) is 3. The third kappa shape index (κ3) is 3.34. The van der Waals surface area contributed by atoms with Crippen LogP contribution in [-0.2, 0) is 0 Å². The van der Waals surface area contributed by atoms with E-state index in [2.05, 4.69) is 15.4 Å². The number of halogens is 3. The number of hydrogen-bond acceptors (Lipinski definition) is 5. The van der Waals surface area contributed by atoms with Gasteiger partial charge in [-0.1, -0.05) is 12.1 Å². The lowest BCUT2D eigenvalue weighted by atomic mass is 9.82. The van der Waals surface area contributed by atoms with Crippen molar-refractivity contribution >= 4 is 11.7 Å². The molecular weight excluding hydrogens is 333 g/mol. The first-order valence-electron chi connectivity index (χ1n) is 6.57. The summed E-state index contributed by atoms with van der Waals surface area (Å²) < 4.78 is 40.8. The lowest BCUT2D eigenvalue weighted by molar-refractivity contribution is -0.385. The number of nitro benzene ring substituents is 1. The molecule has 0 aliphatic heterocycles. The van der Waals surface area contributed by atoms with Crippen LogP contribution in [-0.4, -0.2) is 37.6 Å². The van der Waals surface area contributed by atoms with Crippen molar-refractivity contribution in [3.63, 3.8) is 0 Å². The van der Waals surface area contributed by atoms with E-state index in [-0.39, 0.29) is 5.69 Å². The molecule has 0 saturated heterocycles. The van der Waals surface area contributed by atoms with E-state index in [1.165, 1.54) is 6.92 Å². The van der Waals surface area contributed by atoms with Gasteiger partial charge in [0.05, 0.1) is 22.1 Å². The number of nitro groups is 1. The van der Waals surface area contributed by atoms with Gasteiger partial charge in [0.1, 0.15) is 0 Å². The third-order valence-electron chi connectivity index (χ3n) is 3.57. The predicted octanol–water partition coefficient (Wildman–Crippen LogP) is 2.86. The van der Waals surface area contributed by atoms with E-state index >= 15 is 0 Å². The summed E-state index contributed by atoms with van der Waals surface area (Å²) in [7, 11) is 0.